The second-order valence-corrected chi connectivity index (χ2v) is 7.68. The van der Waals surface area contributed by atoms with E-state index in [2.05, 4.69) is 21.3 Å². The normalized spacial score (nSPS) is 11.2. The van der Waals surface area contributed by atoms with Crippen LogP contribution in [0.2, 0.25) is 5.02 Å². The SMILES string of the molecule is CCN(C)C=Nc1ccc(Oc2nc(Cc3ccc(Cl)cc3)ns2)c(C)c1C. The highest BCUT2D eigenvalue weighted by atomic mass is 35.5. The molecule has 0 unspecified atom stereocenters. The monoisotopic (exact) mass is 414 g/mol. The Kier molecular flexibility index (Phi) is 6.65. The van der Waals surface area contributed by atoms with Crippen molar-refractivity contribution in [2.75, 3.05) is 13.6 Å². The molecule has 3 aromatic rings. The van der Waals surface area contributed by atoms with E-state index in [1.807, 2.05) is 68.5 Å². The Labute approximate surface area is 174 Å². The topological polar surface area (TPSA) is 50.6 Å². The molecule has 0 atom stereocenters. The summed E-state index contributed by atoms with van der Waals surface area (Å²) < 4.78 is 10.4. The van der Waals surface area contributed by atoms with Gasteiger partial charge < -0.3 is 9.64 Å². The first-order valence-corrected chi connectivity index (χ1v) is 10.2. The molecule has 1 aromatic heterocycles. The minimum Gasteiger partial charge on any atom is -0.430 e. The van der Waals surface area contributed by atoms with Crippen LogP contribution in [0.1, 0.15) is 29.4 Å². The molecule has 0 N–H and O–H groups in total. The van der Waals surface area contributed by atoms with Gasteiger partial charge in [-0.1, -0.05) is 23.7 Å². The summed E-state index contributed by atoms with van der Waals surface area (Å²) in [6.45, 7) is 7.08. The van der Waals surface area contributed by atoms with Crippen LogP contribution in [0.25, 0.3) is 0 Å². The van der Waals surface area contributed by atoms with Crippen LogP contribution in [0, 0.1) is 13.8 Å². The summed E-state index contributed by atoms with van der Waals surface area (Å²) in [4.78, 5) is 11.1. The number of benzene rings is 2. The van der Waals surface area contributed by atoms with Crippen molar-refractivity contribution in [3.63, 3.8) is 0 Å². The maximum Gasteiger partial charge on any atom is 0.298 e. The Morgan fingerprint density at radius 3 is 2.61 bits per heavy atom. The summed E-state index contributed by atoms with van der Waals surface area (Å²) in [7, 11) is 2.00. The van der Waals surface area contributed by atoms with Crippen molar-refractivity contribution in [3.05, 3.63) is 63.9 Å². The number of halogens is 1. The number of hydrogen-bond acceptors (Lipinski definition) is 5. The van der Waals surface area contributed by atoms with Crippen LogP contribution >= 0.6 is 23.1 Å². The minimum atomic E-state index is 0.536. The number of nitrogens with zero attached hydrogens (tertiary/aromatic N) is 4. The molecule has 1 heterocycles. The lowest BCUT2D eigenvalue weighted by Crippen LogP contribution is -2.14. The van der Waals surface area contributed by atoms with Gasteiger partial charge in [-0.25, -0.2) is 4.99 Å². The molecule has 0 aliphatic heterocycles. The first-order valence-electron chi connectivity index (χ1n) is 9.05. The third-order valence-electron chi connectivity index (χ3n) is 4.52. The van der Waals surface area contributed by atoms with E-state index in [9.17, 15) is 0 Å². The van der Waals surface area contributed by atoms with Crippen LogP contribution in [0.3, 0.4) is 0 Å². The van der Waals surface area contributed by atoms with Gasteiger partial charge in [0, 0.05) is 36.6 Å². The molecule has 5 nitrogen and oxygen atoms in total. The zero-order chi connectivity index (χ0) is 20.1. The predicted molar refractivity (Wildman–Crippen MR) is 117 cm³/mol. The van der Waals surface area contributed by atoms with Crippen molar-refractivity contribution in [1.82, 2.24) is 14.3 Å². The Morgan fingerprint density at radius 2 is 1.89 bits per heavy atom. The average Bonchev–Trinajstić information content (AvgIpc) is 3.13. The van der Waals surface area contributed by atoms with Crippen molar-refractivity contribution in [2.24, 2.45) is 4.99 Å². The summed E-state index contributed by atoms with van der Waals surface area (Å²) in [5.74, 6) is 1.51. The van der Waals surface area contributed by atoms with E-state index in [0.717, 1.165) is 45.5 Å². The highest BCUT2D eigenvalue weighted by Gasteiger charge is 2.11. The summed E-state index contributed by atoms with van der Waals surface area (Å²) in [6, 6.07) is 11.6. The summed E-state index contributed by atoms with van der Waals surface area (Å²) in [5.41, 5.74) is 4.18. The first-order chi connectivity index (χ1) is 13.5. The van der Waals surface area contributed by atoms with Gasteiger partial charge in [0.2, 0.25) is 0 Å². The van der Waals surface area contributed by atoms with Gasteiger partial charge >= 0.3 is 0 Å². The Hall–Kier alpha value is -2.44. The maximum absolute atomic E-state index is 5.99. The molecule has 0 aliphatic rings. The van der Waals surface area contributed by atoms with Crippen LogP contribution < -0.4 is 4.74 Å². The van der Waals surface area contributed by atoms with E-state index in [-0.39, 0.29) is 0 Å². The number of aliphatic imine (C=N–C) groups is 1. The van der Waals surface area contributed by atoms with Crippen molar-refractivity contribution < 1.29 is 4.74 Å². The van der Waals surface area contributed by atoms with Gasteiger partial charge in [-0.15, -0.1) is 0 Å². The lowest BCUT2D eigenvalue weighted by molar-refractivity contribution is 0.473. The predicted octanol–water partition coefficient (Wildman–Crippen LogP) is 5.80. The molecule has 0 bridgehead atoms. The quantitative estimate of drug-likeness (QED) is 0.362. The standard InChI is InChI=1S/C21H23ClN4OS/c1-5-26(4)13-23-18-10-11-19(15(3)14(18)2)27-21-24-20(25-28-21)12-16-6-8-17(22)9-7-16/h6-11,13H,5,12H2,1-4H3. The minimum absolute atomic E-state index is 0.536. The van der Waals surface area contributed by atoms with Crippen LogP contribution in [0.15, 0.2) is 41.4 Å². The summed E-state index contributed by atoms with van der Waals surface area (Å²) >= 11 is 7.19. The van der Waals surface area contributed by atoms with Crippen LogP contribution in [-0.2, 0) is 6.42 Å². The van der Waals surface area contributed by atoms with Gasteiger partial charge in [-0.05, 0) is 61.7 Å². The summed E-state index contributed by atoms with van der Waals surface area (Å²) in [6.07, 6.45) is 2.49. The molecule has 0 amide bonds. The van der Waals surface area contributed by atoms with E-state index in [1.165, 1.54) is 11.5 Å². The fourth-order valence-electron chi connectivity index (χ4n) is 2.50. The van der Waals surface area contributed by atoms with Crippen molar-refractivity contribution in [2.45, 2.75) is 27.2 Å². The largest absolute Gasteiger partial charge is 0.430 e. The zero-order valence-corrected chi connectivity index (χ0v) is 18.0. The van der Waals surface area contributed by atoms with Gasteiger partial charge in [-0.3, -0.25) is 0 Å². The lowest BCUT2D eigenvalue weighted by atomic mass is 10.1. The Morgan fingerprint density at radius 1 is 1.14 bits per heavy atom. The van der Waals surface area contributed by atoms with E-state index in [1.54, 1.807) is 0 Å². The lowest BCUT2D eigenvalue weighted by Gasteiger charge is -2.12. The van der Waals surface area contributed by atoms with Gasteiger partial charge in [-0.2, -0.15) is 9.36 Å². The molecule has 28 heavy (non-hydrogen) atoms. The second-order valence-electron chi connectivity index (χ2n) is 6.53. The molecule has 0 aliphatic carbocycles. The zero-order valence-electron chi connectivity index (χ0n) is 16.4. The van der Waals surface area contributed by atoms with E-state index >= 15 is 0 Å². The number of aromatic nitrogens is 2. The van der Waals surface area contributed by atoms with Crippen molar-refractivity contribution in [1.29, 1.82) is 0 Å². The highest BCUT2D eigenvalue weighted by Crippen LogP contribution is 2.33. The first kappa shape index (κ1) is 20.3. The summed E-state index contributed by atoms with van der Waals surface area (Å²) in [5, 5.41) is 1.26. The second kappa shape index (κ2) is 9.17. The van der Waals surface area contributed by atoms with E-state index in [0.29, 0.717) is 11.6 Å². The molecule has 3 rings (SSSR count). The molecule has 0 fully saturated rings. The van der Waals surface area contributed by atoms with Crippen molar-refractivity contribution in [3.8, 4) is 10.9 Å². The van der Waals surface area contributed by atoms with E-state index in [4.69, 9.17) is 16.3 Å². The molecular weight excluding hydrogens is 392 g/mol. The van der Waals surface area contributed by atoms with Gasteiger partial charge in [0.1, 0.15) is 5.75 Å². The van der Waals surface area contributed by atoms with Gasteiger partial charge in [0.05, 0.1) is 12.0 Å². The third kappa shape index (κ3) is 5.09. The number of ether oxygens (including phenoxy) is 1. The Bertz CT molecular complexity index is 969. The fraction of sp³-hybridized carbons (Fsp3) is 0.286. The highest BCUT2D eigenvalue weighted by molar-refractivity contribution is 7.07. The number of rotatable bonds is 7. The molecule has 146 valence electrons. The van der Waals surface area contributed by atoms with Crippen LogP contribution in [-0.4, -0.2) is 34.2 Å². The maximum atomic E-state index is 5.99. The van der Waals surface area contributed by atoms with Crippen molar-refractivity contribution >= 4 is 35.2 Å². The third-order valence-corrected chi connectivity index (χ3v) is 5.41. The molecule has 0 spiro atoms. The van der Waals surface area contributed by atoms with Crippen LogP contribution in [0.4, 0.5) is 5.69 Å². The van der Waals surface area contributed by atoms with Crippen LogP contribution in [0.5, 0.6) is 10.9 Å². The molecule has 7 heteroatoms. The molecule has 0 saturated heterocycles. The fourth-order valence-corrected chi connectivity index (χ4v) is 3.19. The smallest absolute Gasteiger partial charge is 0.298 e. The Balaban J connectivity index is 1.72. The molecule has 2 aromatic carbocycles. The molecular formula is C21H23ClN4OS. The van der Waals surface area contributed by atoms with Gasteiger partial charge in [0.25, 0.3) is 5.19 Å². The molecule has 0 radical (unpaired) electrons. The average molecular weight is 415 g/mol. The van der Waals surface area contributed by atoms with Gasteiger partial charge in [0.15, 0.2) is 5.82 Å². The van der Waals surface area contributed by atoms with E-state index < -0.39 is 0 Å². The number of hydrogen-bond donors (Lipinski definition) is 0. The molecule has 0 saturated carbocycles.